The van der Waals surface area contributed by atoms with E-state index in [0.717, 1.165) is 69.4 Å². The van der Waals surface area contributed by atoms with Crippen molar-refractivity contribution in [3.05, 3.63) is 23.5 Å². The number of nitrogens with zero attached hydrogens (tertiary/aromatic N) is 3. The summed E-state index contributed by atoms with van der Waals surface area (Å²) in [4.78, 5) is 16.8. The van der Waals surface area contributed by atoms with Crippen LogP contribution in [0.2, 0.25) is 0 Å². The molecule has 1 saturated heterocycles. The number of nitriles is 1. The second-order valence-electron chi connectivity index (χ2n) is 7.72. The Balaban J connectivity index is 1.71. The van der Waals surface area contributed by atoms with Crippen LogP contribution in [-0.2, 0) is 10.2 Å². The van der Waals surface area contributed by atoms with Gasteiger partial charge < -0.3 is 9.80 Å². The average molecular weight is 341 g/mol. The SMILES string of the molecule is CN1C(=O)C2(CCCCC2)c2c(F)cc(N3CCC(C#N)CC3)cc21. The molecule has 1 aromatic carbocycles. The quantitative estimate of drug-likeness (QED) is 0.782. The van der Waals surface area contributed by atoms with Crippen molar-refractivity contribution in [1.29, 1.82) is 5.26 Å². The van der Waals surface area contributed by atoms with Gasteiger partial charge in [-0.15, -0.1) is 0 Å². The van der Waals surface area contributed by atoms with E-state index in [1.807, 2.05) is 6.07 Å². The van der Waals surface area contributed by atoms with Crippen molar-refractivity contribution in [3.63, 3.8) is 0 Å². The van der Waals surface area contributed by atoms with Crippen LogP contribution in [0.25, 0.3) is 0 Å². The summed E-state index contributed by atoms with van der Waals surface area (Å²) in [5, 5.41) is 9.05. The molecule has 0 bridgehead atoms. The number of piperidine rings is 1. The number of hydrogen-bond acceptors (Lipinski definition) is 3. The zero-order valence-electron chi connectivity index (χ0n) is 14.7. The third kappa shape index (κ3) is 2.42. The molecule has 4 nitrogen and oxygen atoms in total. The summed E-state index contributed by atoms with van der Waals surface area (Å²) in [5.41, 5.74) is 1.55. The monoisotopic (exact) mass is 341 g/mol. The summed E-state index contributed by atoms with van der Waals surface area (Å²) >= 11 is 0. The van der Waals surface area contributed by atoms with Gasteiger partial charge in [-0.2, -0.15) is 5.26 Å². The van der Waals surface area contributed by atoms with Gasteiger partial charge in [0.15, 0.2) is 0 Å². The van der Waals surface area contributed by atoms with Crippen LogP contribution < -0.4 is 9.80 Å². The van der Waals surface area contributed by atoms with Crippen LogP contribution in [-0.4, -0.2) is 26.0 Å². The summed E-state index contributed by atoms with van der Waals surface area (Å²) in [6, 6.07) is 5.91. The van der Waals surface area contributed by atoms with Crippen molar-refractivity contribution in [2.75, 3.05) is 29.9 Å². The Bertz CT molecular complexity index is 740. The average Bonchev–Trinajstić information content (AvgIpc) is 2.85. The van der Waals surface area contributed by atoms with E-state index < -0.39 is 5.41 Å². The second-order valence-corrected chi connectivity index (χ2v) is 7.72. The fourth-order valence-corrected chi connectivity index (χ4v) is 4.92. The third-order valence-corrected chi connectivity index (χ3v) is 6.36. The van der Waals surface area contributed by atoms with Gasteiger partial charge >= 0.3 is 0 Å². The first-order valence-corrected chi connectivity index (χ1v) is 9.33. The minimum Gasteiger partial charge on any atom is -0.371 e. The zero-order chi connectivity index (χ0) is 17.6. The number of anilines is 2. The maximum absolute atomic E-state index is 15.2. The summed E-state index contributed by atoms with van der Waals surface area (Å²) in [6.07, 6.45) is 6.24. The molecule has 0 N–H and O–H groups in total. The van der Waals surface area contributed by atoms with E-state index >= 15 is 4.39 Å². The van der Waals surface area contributed by atoms with Gasteiger partial charge in [0.2, 0.25) is 5.91 Å². The molecule has 5 heteroatoms. The molecule has 0 aromatic heterocycles. The molecule has 132 valence electrons. The maximum Gasteiger partial charge on any atom is 0.237 e. The van der Waals surface area contributed by atoms with Crippen LogP contribution in [0.1, 0.15) is 50.5 Å². The lowest BCUT2D eigenvalue weighted by atomic mass is 9.70. The number of benzene rings is 1. The lowest BCUT2D eigenvalue weighted by Gasteiger charge is -2.33. The Labute approximate surface area is 148 Å². The van der Waals surface area contributed by atoms with Gasteiger partial charge in [-0.25, -0.2) is 4.39 Å². The van der Waals surface area contributed by atoms with Crippen molar-refractivity contribution in [3.8, 4) is 6.07 Å². The Morgan fingerprint density at radius 3 is 2.52 bits per heavy atom. The van der Waals surface area contributed by atoms with Crippen molar-refractivity contribution >= 4 is 17.3 Å². The highest BCUT2D eigenvalue weighted by Crippen LogP contribution is 2.51. The number of halogens is 1. The standard InChI is InChI=1S/C20H24FN3O/c1-23-17-12-15(24-9-5-14(13-22)6-10-24)11-16(21)18(17)20(19(23)25)7-3-2-4-8-20/h11-12,14H,2-10H2,1H3. The van der Waals surface area contributed by atoms with E-state index in [2.05, 4.69) is 11.0 Å². The molecule has 1 amide bonds. The second kappa shape index (κ2) is 6.01. The molecule has 1 spiro atoms. The Morgan fingerprint density at radius 1 is 1.20 bits per heavy atom. The minimum absolute atomic E-state index is 0.0569. The van der Waals surface area contributed by atoms with E-state index in [0.29, 0.717) is 5.56 Å². The highest BCUT2D eigenvalue weighted by atomic mass is 19.1. The molecule has 2 fully saturated rings. The number of amides is 1. The van der Waals surface area contributed by atoms with E-state index in [-0.39, 0.29) is 17.6 Å². The van der Waals surface area contributed by atoms with Gasteiger partial charge in [-0.05, 0) is 37.8 Å². The zero-order valence-corrected chi connectivity index (χ0v) is 14.7. The number of rotatable bonds is 1. The molecular weight excluding hydrogens is 317 g/mol. The highest BCUT2D eigenvalue weighted by molar-refractivity contribution is 6.08. The molecule has 0 radical (unpaired) electrons. The molecule has 1 aliphatic carbocycles. The lowest BCUT2D eigenvalue weighted by molar-refractivity contribution is -0.124. The molecule has 25 heavy (non-hydrogen) atoms. The van der Waals surface area contributed by atoms with E-state index in [1.165, 1.54) is 0 Å². The van der Waals surface area contributed by atoms with Crippen molar-refractivity contribution < 1.29 is 9.18 Å². The minimum atomic E-state index is -0.640. The summed E-state index contributed by atoms with van der Waals surface area (Å²) in [5.74, 6) is -0.0822. The van der Waals surface area contributed by atoms with E-state index in [1.54, 1.807) is 18.0 Å². The smallest absolute Gasteiger partial charge is 0.237 e. The van der Waals surface area contributed by atoms with Gasteiger partial charge in [0.25, 0.3) is 0 Å². The molecular formula is C20H24FN3O. The summed E-state index contributed by atoms with van der Waals surface area (Å²) in [6.45, 7) is 1.53. The Kier molecular flexibility index (Phi) is 3.94. The predicted octanol–water partition coefficient (Wildman–Crippen LogP) is 3.74. The van der Waals surface area contributed by atoms with Gasteiger partial charge in [-0.1, -0.05) is 19.3 Å². The van der Waals surface area contributed by atoms with Crippen LogP contribution in [0, 0.1) is 23.1 Å². The maximum atomic E-state index is 15.2. The predicted molar refractivity (Wildman–Crippen MR) is 95.1 cm³/mol. The van der Waals surface area contributed by atoms with Crippen LogP contribution in [0.5, 0.6) is 0 Å². The fraction of sp³-hybridized carbons (Fsp3) is 0.600. The van der Waals surface area contributed by atoms with Crippen LogP contribution in [0.3, 0.4) is 0 Å². The molecule has 4 rings (SSSR count). The summed E-state index contributed by atoms with van der Waals surface area (Å²) in [7, 11) is 1.77. The first-order chi connectivity index (χ1) is 12.1. The molecule has 2 heterocycles. The molecule has 3 aliphatic rings. The molecule has 0 atom stereocenters. The van der Waals surface area contributed by atoms with E-state index in [9.17, 15) is 4.79 Å². The van der Waals surface area contributed by atoms with Crippen molar-refractivity contribution in [2.24, 2.45) is 5.92 Å². The first kappa shape index (κ1) is 16.4. The molecule has 1 saturated carbocycles. The lowest BCUT2D eigenvalue weighted by Crippen LogP contribution is -2.40. The molecule has 0 unspecified atom stereocenters. The number of hydrogen-bond donors (Lipinski definition) is 0. The Hall–Kier alpha value is -2.09. The van der Waals surface area contributed by atoms with Crippen molar-refractivity contribution in [1.82, 2.24) is 0 Å². The van der Waals surface area contributed by atoms with Crippen LogP contribution in [0.4, 0.5) is 15.8 Å². The number of fused-ring (bicyclic) bond motifs is 2. The van der Waals surface area contributed by atoms with E-state index in [4.69, 9.17) is 5.26 Å². The van der Waals surface area contributed by atoms with Gasteiger partial charge in [0, 0.05) is 37.3 Å². The topological polar surface area (TPSA) is 47.3 Å². The summed E-state index contributed by atoms with van der Waals surface area (Å²) < 4.78 is 15.2. The van der Waals surface area contributed by atoms with Crippen molar-refractivity contribution in [2.45, 2.75) is 50.4 Å². The van der Waals surface area contributed by atoms with Crippen LogP contribution >= 0.6 is 0 Å². The van der Waals surface area contributed by atoms with Gasteiger partial charge in [-0.3, -0.25) is 4.79 Å². The molecule has 2 aliphatic heterocycles. The van der Waals surface area contributed by atoms with Gasteiger partial charge in [0.1, 0.15) is 5.82 Å². The van der Waals surface area contributed by atoms with Gasteiger partial charge in [0.05, 0.1) is 17.2 Å². The number of carbonyl (C=O) groups excluding carboxylic acids is 1. The first-order valence-electron chi connectivity index (χ1n) is 9.33. The largest absolute Gasteiger partial charge is 0.371 e. The van der Waals surface area contributed by atoms with Crippen LogP contribution in [0.15, 0.2) is 12.1 Å². The normalized spacial score (nSPS) is 23.0. The highest BCUT2D eigenvalue weighted by Gasteiger charge is 2.51. The number of carbonyl (C=O) groups is 1. The number of likely N-dealkylation sites (N-methyl/N-ethyl adjacent to an activating group) is 1. The Morgan fingerprint density at radius 2 is 1.88 bits per heavy atom. The molecule has 1 aromatic rings. The third-order valence-electron chi connectivity index (χ3n) is 6.36. The fourth-order valence-electron chi connectivity index (χ4n) is 4.92.